The topological polar surface area (TPSA) is 43.2 Å². The molecule has 0 aromatic heterocycles. The van der Waals surface area contributed by atoms with Crippen LogP contribution in [0.1, 0.15) is 18.1 Å². The van der Waals surface area contributed by atoms with Crippen LogP contribution in [0.2, 0.25) is 0 Å². The van der Waals surface area contributed by atoms with Crippen LogP contribution >= 0.6 is 0 Å². The smallest absolute Gasteiger partial charge is 0.261 e. The largest absolute Gasteiger partial charge is 0.493 e. The summed E-state index contributed by atoms with van der Waals surface area (Å²) in [7, 11) is 1.62. The molecule has 1 unspecified atom stereocenters. The van der Waals surface area contributed by atoms with Crippen molar-refractivity contribution in [3.8, 4) is 11.5 Å². The van der Waals surface area contributed by atoms with E-state index in [1.54, 1.807) is 32.5 Å². The number of ether oxygens (including phenoxy) is 2. The lowest BCUT2D eigenvalue weighted by atomic mass is 10.1. The lowest BCUT2D eigenvalue weighted by Gasteiger charge is -2.29. The van der Waals surface area contributed by atoms with Gasteiger partial charge in [0.1, 0.15) is 30.1 Å². The van der Waals surface area contributed by atoms with Gasteiger partial charge in [-0.15, -0.1) is 0 Å². The van der Waals surface area contributed by atoms with Crippen molar-refractivity contribution in [1.82, 2.24) is 4.48 Å². The minimum atomic E-state index is -0.251. The van der Waals surface area contributed by atoms with E-state index in [0.717, 1.165) is 11.5 Å². The Morgan fingerprint density at radius 1 is 1.11 bits per heavy atom. The van der Waals surface area contributed by atoms with Gasteiger partial charge < -0.3 is 9.47 Å². The number of quaternary nitrogens is 1. The maximum atomic E-state index is 14.1. The summed E-state index contributed by atoms with van der Waals surface area (Å²) in [6.07, 6.45) is 7.39. The van der Waals surface area contributed by atoms with Crippen molar-refractivity contribution in [2.45, 2.75) is 13.8 Å². The fourth-order valence-electron chi connectivity index (χ4n) is 3.33. The number of aryl methyl sites for hydroxylation is 1. The number of nitrogens with zero attached hydrogens (tertiary/aromatic N) is 3. The van der Waals surface area contributed by atoms with Crippen LogP contribution in [-0.4, -0.2) is 25.8 Å². The van der Waals surface area contributed by atoms with Crippen molar-refractivity contribution in [3.05, 3.63) is 71.9 Å². The van der Waals surface area contributed by atoms with Gasteiger partial charge in [0.25, 0.3) is 5.84 Å². The molecule has 2 aliphatic heterocycles. The van der Waals surface area contributed by atoms with E-state index in [1.165, 1.54) is 6.07 Å². The highest BCUT2D eigenvalue weighted by Gasteiger charge is 2.39. The highest BCUT2D eigenvalue weighted by molar-refractivity contribution is 6.37. The summed E-state index contributed by atoms with van der Waals surface area (Å²) < 4.78 is 25.5. The Labute approximate surface area is 163 Å². The van der Waals surface area contributed by atoms with E-state index in [-0.39, 0.29) is 10.3 Å². The third-order valence-electron chi connectivity index (χ3n) is 4.87. The second-order valence-electron chi connectivity index (χ2n) is 6.57. The molecule has 2 aromatic carbocycles. The number of hydrogen-bond donors (Lipinski definition) is 0. The predicted molar refractivity (Wildman–Crippen MR) is 110 cm³/mol. The average molecular weight is 378 g/mol. The van der Waals surface area contributed by atoms with Crippen molar-refractivity contribution < 1.29 is 13.9 Å². The molecule has 5 nitrogen and oxygen atoms in total. The second kappa shape index (κ2) is 7.05. The SMILES string of the molecule is CCOc1ccc([N+]23C=CN=C2C=NC(c2ccc(C)c(F)c2)=C3)cc1OC. The minimum Gasteiger partial charge on any atom is -0.493 e. The first-order valence-electron chi connectivity index (χ1n) is 9.07. The summed E-state index contributed by atoms with van der Waals surface area (Å²) in [6.45, 7) is 4.23. The maximum absolute atomic E-state index is 14.1. The van der Waals surface area contributed by atoms with Gasteiger partial charge in [-0.2, -0.15) is 9.48 Å². The van der Waals surface area contributed by atoms with Crippen molar-refractivity contribution in [3.63, 3.8) is 0 Å². The maximum Gasteiger partial charge on any atom is 0.261 e. The molecule has 142 valence electrons. The quantitative estimate of drug-likeness (QED) is 0.701. The molecule has 0 radical (unpaired) electrons. The molecule has 0 bridgehead atoms. The molecule has 4 rings (SSSR count). The van der Waals surface area contributed by atoms with Gasteiger partial charge in [0.2, 0.25) is 0 Å². The zero-order chi connectivity index (χ0) is 19.7. The number of fused-ring (bicyclic) bond motifs is 1. The molecule has 2 heterocycles. The molecule has 6 heteroatoms. The summed E-state index contributed by atoms with van der Waals surface area (Å²) in [5, 5.41) is 0. The van der Waals surface area contributed by atoms with E-state index in [1.807, 2.05) is 43.6 Å². The van der Waals surface area contributed by atoms with Crippen molar-refractivity contribution in [2.24, 2.45) is 9.98 Å². The second-order valence-corrected chi connectivity index (χ2v) is 6.57. The van der Waals surface area contributed by atoms with Gasteiger partial charge in [-0.05, 0) is 31.5 Å². The van der Waals surface area contributed by atoms with E-state index >= 15 is 0 Å². The van der Waals surface area contributed by atoms with E-state index in [0.29, 0.717) is 34.9 Å². The predicted octanol–water partition coefficient (Wildman–Crippen LogP) is 4.82. The monoisotopic (exact) mass is 378 g/mol. The third-order valence-corrected chi connectivity index (χ3v) is 4.87. The number of hydrogen-bond acceptors (Lipinski definition) is 4. The molecular weight excluding hydrogens is 357 g/mol. The van der Waals surface area contributed by atoms with E-state index in [9.17, 15) is 4.39 Å². The first-order valence-corrected chi connectivity index (χ1v) is 9.07. The molecule has 28 heavy (non-hydrogen) atoms. The van der Waals surface area contributed by atoms with Gasteiger partial charge in [-0.1, -0.05) is 12.1 Å². The van der Waals surface area contributed by atoms with E-state index < -0.39 is 0 Å². The molecule has 0 fully saturated rings. The lowest BCUT2D eigenvalue weighted by molar-refractivity contribution is 0.311. The fraction of sp³-hybridized carbons (Fsp3) is 0.182. The highest BCUT2D eigenvalue weighted by Crippen LogP contribution is 2.39. The van der Waals surface area contributed by atoms with Gasteiger partial charge in [0.15, 0.2) is 17.2 Å². The molecule has 2 aliphatic rings. The van der Waals surface area contributed by atoms with Gasteiger partial charge in [-0.3, -0.25) is 0 Å². The van der Waals surface area contributed by atoms with Crippen LogP contribution in [-0.2, 0) is 0 Å². The molecule has 0 spiro atoms. The zero-order valence-electron chi connectivity index (χ0n) is 16.0. The summed E-state index contributed by atoms with van der Waals surface area (Å²) >= 11 is 0. The van der Waals surface area contributed by atoms with Crippen LogP contribution in [0, 0.1) is 12.7 Å². The van der Waals surface area contributed by atoms with Crippen LogP contribution < -0.4 is 14.0 Å². The molecule has 0 amide bonds. The van der Waals surface area contributed by atoms with Crippen LogP contribution in [0.3, 0.4) is 0 Å². The van der Waals surface area contributed by atoms with Crippen molar-refractivity contribution >= 4 is 23.4 Å². The number of rotatable bonds is 5. The normalized spacial score (nSPS) is 19.9. The summed E-state index contributed by atoms with van der Waals surface area (Å²) in [5.74, 6) is 1.83. The van der Waals surface area contributed by atoms with Gasteiger partial charge in [0, 0.05) is 17.7 Å². The fourth-order valence-corrected chi connectivity index (χ4v) is 3.33. The van der Waals surface area contributed by atoms with Crippen LogP contribution in [0.5, 0.6) is 11.5 Å². The third kappa shape index (κ3) is 2.92. The van der Waals surface area contributed by atoms with Crippen LogP contribution in [0.15, 0.2) is 65.0 Å². The summed E-state index contributed by atoms with van der Waals surface area (Å²) in [4.78, 5) is 8.95. The van der Waals surface area contributed by atoms with E-state index in [2.05, 4.69) is 9.98 Å². The Kier molecular flexibility index (Phi) is 4.57. The summed E-state index contributed by atoms with van der Waals surface area (Å²) in [5.41, 5.74) is 2.92. The van der Waals surface area contributed by atoms with Crippen LogP contribution in [0.4, 0.5) is 10.1 Å². The highest BCUT2D eigenvalue weighted by atomic mass is 19.1. The minimum absolute atomic E-state index is 0.247. The van der Waals surface area contributed by atoms with Crippen molar-refractivity contribution in [2.75, 3.05) is 13.7 Å². The first kappa shape index (κ1) is 18.1. The van der Waals surface area contributed by atoms with Gasteiger partial charge in [-0.25, -0.2) is 9.38 Å². The lowest BCUT2D eigenvalue weighted by Crippen LogP contribution is -2.45. The van der Waals surface area contributed by atoms with E-state index in [4.69, 9.17) is 9.47 Å². The Balaban J connectivity index is 1.83. The number of amidine groups is 1. The average Bonchev–Trinajstić information content (AvgIpc) is 3.15. The molecular formula is C22H21FN3O2+. The van der Waals surface area contributed by atoms with Gasteiger partial charge in [0.05, 0.1) is 19.9 Å². The molecule has 0 aliphatic carbocycles. The number of methoxy groups -OCH3 is 1. The number of aliphatic imine (C=N–C) groups is 2. The number of benzene rings is 2. The molecule has 1 atom stereocenters. The van der Waals surface area contributed by atoms with Gasteiger partial charge >= 0.3 is 0 Å². The van der Waals surface area contributed by atoms with Crippen LogP contribution in [0.25, 0.3) is 5.70 Å². The molecule has 0 N–H and O–H groups in total. The number of halogens is 1. The van der Waals surface area contributed by atoms with Crippen molar-refractivity contribution in [1.29, 1.82) is 0 Å². The Bertz CT molecular complexity index is 1060. The molecule has 2 aromatic rings. The standard InChI is InChI=1S/C22H21FN3O2/c1-4-28-20-8-7-17(12-21(20)27-3)26-10-9-24-22(26)13-25-19(14-26)16-6-5-15(2)18(23)11-16/h5-14H,4H2,1-3H3/q+1. The Hall–Kier alpha value is -3.25. The Morgan fingerprint density at radius 2 is 1.96 bits per heavy atom. The zero-order valence-corrected chi connectivity index (χ0v) is 16.0. The first-order chi connectivity index (χ1) is 13.6. The molecule has 0 saturated carbocycles. The molecule has 0 saturated heterocycles. The summed E-state index contributed by atoms with van der Waals surface area (Å²) in [6, 6.07) is 10.9. The Morgan fingerprint density at radius 3 is 2.71 bits per heavy atom.